The molecule has 4 saturated carbocycles. The summed E-state index contributed by atoms with van der Waals surface area (Å²) in [6.45, 7) is 22.8. The maximum Gasteiger partial charge on any atom is 0.226 e. The first-order valence-corrected chi connectivity index (χ1v) is 17.2. The van der Waals surface area contributed by atoms with Gasteiger partial charge in [0.25, 0.3) is 0 Å². The van der Waals surface area contributed by atoms with Crippen LogP contribution in [0.4, 0.5) is 0 Å². The number of nitrogens with one attached hydrogen (secondary N) is 1. The molecule has 0 saturated heterocycles. The molecule has 3 N–H and O–H groups in total. The van der Waals surface area contributed by atoms with Gasteiger partial charge in [-0.05, 0) is 117 Å². The van der Waals surface area contributed by atoms with Gasteiger partial charge in [-0.15, -0.1) is 0 Å². The van der Waals surface area contributed by atoms with Crippen LogP contribution in [-0.4, -0.2) is 59.9 Å². The number of likely N-dealkylation sites (N-methyl/N-ethyl adjacent to an activating group) is 1. The topological polar surface area (TPSA) is 72.8 Å². The lowest BCUT2D eigenvalue weighted by Crippen LogP contribution is -2.66. The molecule has 5 heteroatoms. The van der Waals surface area contributed by atoms with E-state index in [2.05, 4.69) is 71.7 Å². The van der Waals surface area contributed by atoms with Crippen molar-refractivity contribution in [3.05, 3.63) is 11.6 Å². The Morgan fingerprint density at radius 3 is 2.29 bits per heavy atom. The highest BCUT2D eigenvalue weighted by atomic mass is 16.3. The second-order valence-corrected chi connectivity index (χ2v) is 16.9. The Hall–Kier alpha value is -0.910. The smallest absolute Gasteiger partial charge is 0.226 e. The highest BCUT2D eigenvalue weighted by molar-refractivity contribution is 5.84. The molecule has 234 valence electrons. The summed E-state index contributed by atoms with van der Waals surface area (Å²) in [7, 11) is 0. The van der Waals surface area contributed by atoms with Crippen LogP contribution in [0.5, 0.6) is 0 Å². The predicted molar refractivity (Wildman–Crippen MR) is 167 cm³/mol. The summed E-state index contributed by atoms with van der Waals surface area (Å²) in [5.74, 6) is 1.51. The van der Waals surface area contributed by atoms with E-state index < -0.39 is 11.5 Å². The highest BCUT2D eigenvalue weighted by Gasteiger charge is 2.69. The quantitative estimate of drug-likeness (QED) is 0.302. The minimum Gasteiger partial charge on any atom is -0.396 e. The number of aliphatic hydroxyl groups excluding tert-OH is 2. The standard InChI is InChI=1S/C36H62N2O3/c1-9-38(10-2)22-21-37-30(41)36-19-17-31(3,4)23-26(36)25-11-12-28-32(5)15-14-29(40)33(6,24-39)27(32)13-16-35(28,8)34(25,7)18-20-36/h11,26-29,39-40H,9-10,12-24H2,1-8H3,(H,37,41)/t26-,27?,28-,29+,32+,33+,34-,35-,36+/m1/s1. The van der Waals surface area contributed by atoms with Gasteiger partial charge in [-0.3, -0.25) is 4.79 Å². The number of aliphatic hydroxyl groups is 2. The van der Waals surface area contributed by atoms with Crippen LogP contribution < -0.4 is 5.32 Å². The average molecular weight is 571 g/mol. The summed E-state index contributed by atoms with van der Waals surface area (Å²) in [5, 5.41) is 25.0. The van der Waals surface area contributed by atoms with E-state index in [1.807, 2.05) is 0 Å². The Bertz CT molecular complexity index is 1040. The summed E-state index contributed by atoms with van der Waals surface area (Å²) < 4.78 is 0. The lowest BCUT2D eigenvalue weighted by molar-refractivity contribution is -0.215. The molecule has 0 aromatic heterocycles. The third-order valence-corrected chi connectivity index (χ3v) is 14.8. The van der Waals surface area contributed by atoms with Gasteiger partial charge in [-0.2, -0.15) is 0 Å². The molecule has 0 heterocycles. The van der Waals surface area contributed by atoms with Crippen molar-refractivity contribution >= 4 is 5.91 Å². The normalized spacial score (nSPS) is 47.0. The van der Waals surface area contributed by atoms with Crippen LogP contribution in [0.15, 0.2) is 11.6 Å². The Morgan fingerprint density at radius 1 is 0.951 bits per heavy atom. The zero-order chi connectivity index (χ0) is 30.1. The molecular formula is C36H62N2O3. The number of amides is 1. The van der Waals surface area contributed by atoms with E-state index in [9.17, 15) is 15.0 Å². The molecule has 1 amide bonds. The fraction of sp³-hybridized carbons (Fsp3) is 0.917. The predicted octanol–water partition coefficient (Wildman–Crippen LogP) is 6.58. The Kier molecular flexibility index (Phi) is 8.16. The van der Waals surface area contributed by atoms with Gasteiger partial charge in [0.1, 0.15) is 0 Å². The zero-order valence-electron chi connectivity index (χ0n) is 27.7. The maximum atomic E-state index is 14.2. The summed E-state index contributed by atoms with van der Waals surface area (Å²) in [6.07, 6.45) is 12.7. The second-order valence-electron chi connectivity index (χ2n) is 16.9. The average Bonchev–Trinajstić information content (AvgIpc) is 2.93. The molecule has 5 rings (SSSR count). The summed E-state index contributed by atoms with van der Waals surface area (Å²) in [4.78, 5) is 16.6. The van der Waals surface area contributed by atoms with Gasteiger partial charge >= 0.3 is 0 Å². The Labute approximate surface area is 251 Å². The van der Waals surface area contributed by atoms with Gasteiger partial charge in [0.15, 0.2) is 0 Å². The monoisotopic (exact) mass is 570 g/mol. The van der Waals surface area contributed by atoms with Crippen LogP contribution in [-0.2, 0) is 4.79 Å². The summed E-state index contributed by atoms with van der Waals surface area (Å²) in [5.41, 5.74) is 1.51. The first-order chi connectivity index (χ1) is 19.2. The van der Waals surface area contributed by atoms with Gasteiger partial charge in [0, 0.05) is 18.5 Å². The first-order valence-electron chi connectivity index (χ1n) is 17.2. The van der Waals surface area contributed by atoms with Crippen molar-refractivity contribution in [1.29, 1.82) is 0 Å². The van der Waals surface area contributed by atoms with Crippen molar-refractivity contribution in [3.8, 4) is 0 Å². The molecule has 4 fully saturated rings. The second kappa shape index (κ2) is 10.6. The largest absolute Gasteiger partial charge is 0.396 e. The van der Waals surface area contributed by atoms with E-state index in [-0.39, 0.29) is 33.7 Å². The van der Waals surface area contributed by atoms with E-state index in [4.69, 9.17) is 0 Å². The first kappa shape index (κ1) is 31.5. The molecule has 5 aliphatic carbocycles. The van der Waals surface area contributed by atoms with Crippen LogP contribution in [0.2, 0.25) is 0 Å². The minimum absolute atomic E-state index is 0.0687. The van der Waals surface area contributed by atoms with Crippen LogP contribution in [0.3, 0.4) is 0 Å². The third-order valence-electron chi connectivity index (χ3n) is 14.8. The fourth-order valence-electron chi connectivity index (χ4n) is 11.7. The maximum absolute atomic E-state index is 14.2. The number of fused-ring (bicyclic) bond motifs is 7. The molecule has 9 atom stereocenters. The van der Waals surface area contributed by atoms with E-state index in [0.29, 0.717) is 23.7 Å². The highest BCUT2D eigenvalue weighted by Crippen LogP contribution is 2.75. The number of hydrogen-bond acceptors (Lipinski definition) is 4. The van der Waals surface area contributed by atoms with Crippen molar-refractivity contribution in [1.82, 2.24) is 10.2 Å². The van der Waals surface area contributed by atoms with Gasteiger partial charge in [0.2, 0.25) is 5.91 Å². The van der Waals surface area contributed by atoms with Gasteiger partial charge in [-0.25, -0.2) is 0 Å². The molecule has 0 radical (unpaired) electrons. The van der Waals surface area contributed by atoms with Crippen LogP contribution >= 0.6 is 0 Å². The number of allylic oxidation sites excluding steroid dienone is 2. The van der Waals surface area contributed by atoms with Crippen molar-refractivity contribution < 1.29 is 15.0 Å². The number of carbonyl (C=O) groups is 1. The summed E-state index contributed by atoms with van der Waals surface area (Å²) >= 11 is 0. The molecule has 0 aromatic rings. The van der Waals surface area contributed by atoms with Crippen LogP contribution in [0, 0.1) is 50.2 Å². The molecule has 5 aliphatic rings. The third kappa shape index (κ3) is 4.52. The molecule has 41 heavy (non-hydrogen) atoms. The zero-order valence-corrected chi connectivity index (χ0v) is 27.7. The molecule has 0 spiro atoms. The minimum atomic E-state index is -0.419. The number of rotatable bonds is 7. The molecule has 5 nitrogen and oxygen atoms in total. The summed E-state index contributed by atoms with van der Waals surface area (Å²) in [6, 6.07) is 0. The molecule has 0 aromatic carbocycles. The Balaban J connectivity index is 1.49. The number of carbonyl (C=O) groups excluding carboxylic acids is 1. The molecule has 0 bridgehead atoms. The molecule has 0 aliphatic heterocycles. The Morgan fingerprint density at radius 2 is 1.63 bits per heavy atom. The number of hydrogen-bond donors (Lipinski definition) is 3. The lowest BCUT2D eigenvalue weighted by Gasteiger charge is -2.71. The van der Waals surface area contributed by atoms with Gasteiger partial charge < -0.3 is 20.4 Å². The fourth-order valence-corrected chi connectivity index (χ4v) is 11.7. The van der Waals surface area contributed by atoms with Crippen molar-refractivity contribution in [3.63, 3.8) is 0 Å². The van der Waals surface area contributed by atoms with Crippen LogP contribution in [0.25, 0.3) is 0 Å². The van der Waals surface area contributed by atoms with E-state index in [1.165, 1.54) is 0 Å². The van der Waals surface area contributed by atoms with E-state index in [1.54, 1.807) is 5.57 Å². The SMILES string of the molecule is CCN(CC)CCNC(=O)[C@]12CCC(C)(C)C[C@@H]1C1=CC[C@@H]3[C@@]4(C)CC[C@H](O)[C@@](C)(CO)C4CC[C@@]3(C)[C@]1(C)CC2. The van der Waals surface area contributed by atoms with Gasteiger partial charge in [-0.1, -0.05) is 67.0 Å². The van der Waals surface area contributed by atoms with E-state index in [0.717, 1.165) is 90.4 Å². The molecule has 1 unspecified atom stereocenters. The molecular weight excluding hydrogens is 508 g/mol. The van der Waals surface area contributed by atoms with Crippen LogP contribution in [0.1, 0.15) is 120 Å². The number of nitrogens with zero attached hydrogens (tertiary/aromatic N) is 1. The lowest BCUT2D eigenvalue weighted by atomic mass is 9.33. The van der Waals surface area contributed by atoms with Crippen molar-refractivity contribution in [2.75, 3.05) is 32.8 Å². The van der Waals surface area contributed by atoms with Crippen molar-refractivity contribution in [2.45, 2.75) is 126 Å². The van der Waals surface area contributed by atoms with Gasteiger partial charge in [0.05, 0.1) is 18.1 Å². The van der Waals surface area contributed by atoms with Crippen molar-refractivity contribution in [2.24, 2.45) is 50.2 Å². The van der Waals surface area contributed by atoms with E-state index >= 15 is 0 Å².